The lowest BCUT2D eigenvalue weighted by Crippen LogP contribution is -2.22. The van der Waals surface area contributed by atoms with Crippen molar-refractivity contribution < 1.29 is 4.74 Å². The van der Waals surface area contributed by atoms with Gasteiger partial charge in [0.25, 0.3) is 0 Å². The molecule has 1 nitrogen and oxygen atoms in total. The van der Waals surface area contributed by atoms with Crippen molar-refractivity contribution in [3.63, 3.8) is 0 Å². The van der Waals surface area contributed by atoms with Crippen molar-refractivity contribution in [3.05, 3.63) is 0 Å². The fourth-order valence-electron chi connectivity index (χ4n) is 2.06. The van der Waals surface area contributed by atoms with Crippen molar-refractivity contribution in [3.8, 4) is 0 Å². The summed E-state index contributed by atoms with van der Waals surface area (Å²) in [5.41, 5.74) is 0.692. The molecular formula is C8H14O. The number of hydrogen-bond acceptors (Lipinski definition) is 1. The van der Waals surface area contributed by atoms with Gasteiger partial charge < -0.3 is 4.74 Å². The summed E-state index contributed by atoms with van der Waals surface area (Å²) in [5.74, 6) is 0.895. The Bertz CT molecular complexity index is 133. The number of hydrogen-bond donors (Lipinski definition) is 0. The van der Waals surface area contributed by atoms with Gasteiger partial charge in [-0.15, -0.1) is 0 Å². The Morgan fingerprint density at radius 3 is 2.89 bits per heavy atom. The van der Waals surface area contributed by atoms with Crippen molar-refractivity contribution in [2.24, 2.45) is 11.3 Å². The smallest absolute Gasteiger partial charge is 0.0580 e. The summed E-state index contributed by atoms with van der Waals surface area (Å²) in [5, 5.41) is 0. The number of fused-ring (bicyclic) bond motifs is 1. The molecular weight excluding hydrogens is 112 g/mol. The minimum Gasteiger partial charge on any atom is -0.378 e. The zero-order valence-corrected chi connectivity index (χ0v) is 6.18. The van der Waals surface area contributed by atoms with Crippen LogP contribution in [-0.2, 0) is 4.74 Å². The summed E-state index contributed by atoms with van der Waals surface area (Å²) >= 11 is 0. The Hall–Kier alpha value is -0.0400. The molecule has 3 atom stereocenters. The predicted octanol–water partition coefficient (Wildman–Crippen LogP) is 1.82. The fraction of sp³-hybridized carbons (Fsp3) is 1.00. The second kappa shape index (κ2) is 1.51. The van der Waals surface area contributed by atoms with E-state index in [4.69, 9.17) is 4.74 Å². The highest BCUT2D eigenvalue weighted by Gasteiger charge is 2.54. The van der Waals surface area contributed by atoms with E-state index in [9.17, 15) is 0 Å². The van der Waals surface area contributed by atoms with Crippen LogP contribution in [0.4, 0.5) is 0 Å². The van der Waals surface area contributed by atoms with Crippen molar-refractivity contribution in [1.29, 1.82) is 0 Å². The third kappa shape index (κ3) is 0.710. The van der Waals surface area contributed by atoms with Gasteiger partial charge in [0.15, 0.2) is 0 Å². The van der Waals surface area contributed by atoms with E-state index in [-0.39, 0.29) is 0 Å². The van der Waals surface area contributed by atoms with Gasteiger partial charge in [-0.25, -0.2) is 0 Å². The molecule has 1 aliphatic heterocycles. The van der Waals surface area contributed by atoms with Gasteiger partial charge in [-0.1, -0.05) is 6.92 Å². The van der Waals surface area contributed by atoms with E-state index in [0.717, 1.165) is 12.5 Å². The first kappa shape index (κ1) is 5.72. The molecule has 1 aliphatic carbocycles. The molecule has 52 valence electrons. The van der Waals surface area contributed by atoms with Crippen LogP contribution in [0.2, 0.25) is 0 Å². The van der Waals surface area contributed by atoms with Crippen LogP contribution in [0.5, 0.6) is 0 Å². The van der Waals surface area contributed by atoms with Crippen molar-refractivity contribution in [1.82, 2.24) is 0 Å². The third-order valence-corrected chi connectivity index (χ3v) is 3.04. The first-order chi connectivity index (χ1) is 4.22. The molecule has 0 aromatic carbocycles. The Labute approximate surface area is 56.4 Å². The largest absolute Gasteiger partial charge is 0.378 e. The van der Waals surface area contributed by atoms with Crippen molar-refractivity contribution in [2.75, 3.05) is 6.61 Å². The van der Waals surface area contributed by atoms with Crippen molar-refractivity contribution in [2.45, 2.75) is 32.8 Å². The maximum atomic E-state index is 5.50. The summed E-state index contributed by atoms with van der Waals surface area (Å²) < 4.78 is 5.50. The highest BCUT2D eigenvalue weighted by molar-refractivity contribution is 5.03. The maximum absolute atomic E-state index is 5.50. The molecule has 1 saturated carbocycles. The van der Waals surface area contributed by atoms with E-state index in [1.54, 1.807) is 0 Å². The second-order valence-electron chi connectivity index (χ2n) is 3.79. The highest BCUT2D eigenvalue weighted by Crippen LogP contribution is 2.59. The number of ether oxygens (including phenoxy) is 1. The van der Waals surface area contributed by atoms with Crippen LogP contribution in [-0.4, -0.2) is 12.7 Å². The van der Waals surface area contributed by atoms with Gasteiger partial charge in [-0.05, 0) is 31.1 Å². The summed E-state index contributed by atoms with van der Waals surface area (Å²) in [6.45, 7) is 5.58. The molecule has 1 saturated heterocycles. The van der Waals surface area contributed by atoms with Gasteiger partial charge in [-0.2, -0.15) is 0 Å². The Morgan fingerprint density at radius 1 is 1.56 bits per heavy atom. The van der Waals surface area contributed by atoms with E-state index in [1.165, 1.54) is 12.8 Å². The minimum atomic E-state index is 0.545. The summed E-state index contributed by atoms with van der Waals surface area (Å²) in [6.07, 6.45) is 3.25. The Balaban J connectivity index is 2.07. The molecule has 0 amide bonds. The zero-order chi connectivity index (χ0) is 6.48. The van der Waals surface area contributed by atoms with Gasteiger partial charge in [0.2, 0.25) is 0 Å². The van der Waals surface area contributed by atoms with Crippen LogP contribution < -0.4 is 0 Å². The molecule has 1 heteroatoms. The quantitative estimate of drug-likeness (QED) is 0.481. The molecule has 2 rings (SSSR count). The molecule has 0 radical (unpaired) electrons. The lowest BCUT2D eigenvalue weighted by Gasteiger charge is -2.23. The lowest BCUT2D eigenvalue weighted by atomic mass is 9.98. The van der Waals surface area contributed by atoms with Crippen LogP contribution in [0.25, 0.3) is 0 Å². The van der Waals surface area contributed by atoms with E-state index in [2.05, 4.69) is 13.8 Å². The molecule has 3 unspecified atom stereocenters. The zero-order valence-electron chi connectivity index (χ0n) is 6.18. The molecule has 0 bridgehead atoms. The van der Waals surface area contributed by atoms with Crippen LogP contribution in [0, 0.1) is 11.3 Å². The molecule has 9 heavy (non-hydrogen) atoms. The molecule has 2 aliphatic rings. The standard InChI is InChI=1S/C8H14O/c1-6-7-5-8(7,2)3-4-9-6/h6-7H,3-5H2,1-2H3. The van der Waals surface area contributed by atoms with Gasteiger partial charge in [-0.3, -0.25) is 0 Å². The molecule has 1 heterocycles. The van der Waals surface area contributed by atoms with Gasteiger partial charge in [0.05, 0.1) is 6.10 Å². The van der Waals surface area contributed by atoms with Crippen LogP contribution >= 0.6 is 0 Å². The SMILES string of the molecule is CC1OCCC2(C)CC12. The first-order valence-electron chi connectivity index (χ1n) is 3.84. The highest BCUT2D eigenvalue weighted by atomic mass is 16.5. The summed E-state index contributed by atoms with van der Waals surface area (Å²) in [4.78, 5) is 0. The normalized spacial score (nSPS) is 56.7. The van der Waals surface area contributed by atoms with Gasteiger partial charge in [0.1, 0.15) is 0 Å². The third-order valence-electron chi connectivity index (χ3n) is 3.04. The monoisotopic (exact) mass is 126 g/mol. The van der Waals surface area contributed by atoms with Crippen LogP contribution in [0.3, 0.4) is 0 Å². The molecule has 0 aromatic heterocycles. The van der Waals surface area contributed by atoms with Crippen molar-refractivity contribution >= 4 is 0 Å². The average molecular weight is 126 g/mol. The average Bonchev–Trinajstić information content (AvgIpc) is 2.43. The topological polar surface area (TPSA) is 9.23 Å². The molecule has 0 N–H and O–H groups in total. The Morgan fingerprint density at radius 2 is 2.33 bits per heavy atom. The van der Waals surface area contributed by atoms with Gasteiger partial charge in [0, 0.05) is 6.61 Å². The Kier molecular flexibility index (Phi) is 0.963. The summed E-state index contributed by atoms with van der Waals surface area (Å²) in [6, 6.07) is 0. The van der Waals surface area contributed by atoms with Crippen LogP contribution in [0.1, 0.15) is 26.7 Å². The first-order valence-corrected chi connectivity index (χ1v) is 3.84. The summed E-state index contributed by atoms with van der Waals surface area (Å²) in [7, 11) is 0. The maximum Gasteiger partial charge on any atom is 0.0580 e. The fourth-order valence-corrected chi connectivity index (χ4v) is 2.06. The van der Waals surface area contributed by atoms with E-state index < -0.39 is 0 Å². The van der Waals surface area contributed by atoms with Gasteiger partial charge >= 0.3 is 0 Å². The lowest BCUT2D eigenvalue weighted by molar-refractivity contribution is 0.00144. The number of rotatable bonds is 0. The molecule has 2 fully saturated rings. The predicted molar refractivity (Wildman–Crippen MR) is 36.2 cm³/mol. The second-order valence-corrected chi connectivity index (χ2v) is 3.79. The molecule has 0 aromatic rings. The molecule has 0 spiro atoms. The minimum absolute atomic E-state index is 0.545. The van der Waals surface area contributed by atoms with E-state index in [1.807, 2.05) is 0 Å². The van der Waals surface area contributed by atoms with Crippen LogP contribution in [0.15, 0.2) is 0 Å². The van der Waals surface area contributed by atoms with E-state index >= 15 is 0 Å². The van der Waals surface area contributed by atoms with E-state index in [0.29, 0.717) is 11.5 Å².